The van der Waals surface area contributed by atoms with E-state index >= 15 is 0 Å². The van der Waals surface area contributed by atoms with Crippen molar-refractivity contribution in [2.24, 2.45) is 0 Å². The molecule has 0 aliphatic carbocycles. The third-order valence-corrected chi connectivity index (χ3v) is 5.96. The number of halogens is 1. The predicted octanol–water partition coefficient (Wildman–Crippen LogP) is 5.14. The fourth-order valence-corrected chi connectivity index (χ4v) is 4.15. The van der Waals surface area contributed by atoms with E-state index in [1.165, 1.54) is 22.3 Å². The van der Waals surface area contributed by atoms with Crippen molar-refractivity contribution in [1.82, 2.24) is 15.3 Å². The number of aromatic amines is 1. The lowest BCUT2D eigenvalue weighted by molar-refractivity contribution is 0.0957. The fraction of sp³-hybridized carbons (Fsp3) is 0.182. The molecule has 0 unspecified atom stereocenters. The zero-order valence-corrected chi connectivity index (χ0v) is 17.4. The molecule has 0 bridgehead atoms. The van der Waals surface area contributed by atoms with Gasteiger partial charge in [0.15, 0.2) is 0 Å². The number of aryl methyl sites for hydroxylation is 1. The van der Waals surface area contributed by atoms with E-state index in [2.05, 4.69) is 21.4 Å². The van der Waals surface area contributed by atoms with Gasteiger partial charge in [0.1, 0.15) is 22.2 Å². The monoisotopic (exact) mass is 425 g/mol. The van der Waals surface area contributed by atoms with E-state index in [-0.39, 0.29) is 5.91 Å². The molecule has 0 spiro atoms. The average molecular weight is 426 g/mol. The third-order valence-electron chi connectivity index (χ3n) is 4.58. The Morgan fingerprint density at radius 2 is 2.00 bits per heavy atom. The minimum Gasteiger partial charge on any atom is -0.486 e. The van der Waals surface area contributed by atoms with Crippen LogP contribution in [0.1, 0.15) is 25.9 Å². The maximum atomic E-state index is 12.6. The van der Waals surface area contributed by atoms with Gasteiger partial charge >= 0.3 is 0 Å². The van der Waals surface area contributed by atoms with Gasteiger partial charge in [-0.05, 0) is 49.2 Å². The molecule has 2 heterocycles. The Bertz CT molecular complexity index is 1130. The first-order valence-corrected chi connectivity index (χ1v) is 10.5. The molecular weight excluding hydrogens is 406 g/mol. The molecule has 4 rings (SSSR count). The Kier molecular flexibility index (Phi) is 5.83. The topological polar surface area (TPSA) is 67.0 Å². The quantitative estimate of drug-likeness (QED) is 0.431. The van der Waals surface area contributed by atoms with Crippen LogP contribution in [-0.2, 0) is 13.0 Å². The Morgan fingerprint density at radius 1 is 1.21 bits per heavy atom. The maximum absolute atomic E-state index is 12.6. The SMILES string of the molecule is Cc1nc(COc2ccc(Cl)cc2)sc1C(=O)NCCc1c[nH]c2ccccc12. The van der Waals surface area contributed by atoms with Crippen LogP contribution in [0.15, 0.2) is 54.7 Å². The number of carbonyl (C=O) groups excluding carboxylic acids is 1. The molecule has 0 fully saturated rings. The van der Waals surface area contributed by atoms with Crippen molar-refractivity contribution in [3.05, 3.63) is 80.9 Å². The number of nitrogens with zero attached hydrogens (tertiary/aromatic N) is 1. The summed E-state index contributed by atoms with van der Waals surface area (Å²) in [5.41, 5.74) is 3.02. The number of hydrogen-bond donors (Lipinski definition) is 2. The Hall–Kier alpha value is -2.83. The van der Waals surface area contributed by atoms with E-state index in [9.17, 15) is 4.79 Å². The Labute approximate surface area is 177 Å². The lowest BCUT2D eigenvalue weighted by atomic mass is 10.1. The predicted molar refractivity (Wildman–Crippen MR) is 117 cm³/mol. The van der Waals surface area contributed by atoms with Gasteiger partial charge < -0.3 is 15.0 Å². The normalized spacial score (nSPS) is 11.0. The van der Waals surface area contributed by atoms with E-state index in [0.717, 1.165) is 16.9 Å². The number of benzene rings is 2. The van der Waals surface area contributed by atoms with Crippen LogP contribution in [-0.4, -0.2) is 22.4 Å². The second-order valence-corrected chi connectivity index (χ2v) is 8.15. The highest BCUT2D eigenvalue weighted by atomic mass is 35.5. The number of fused-ring (bicyclic) bond motifs is 1. The molecular formula is C22H20ClN3O2S. The summed E-state index contributed by atoms with van der Waals surface area (Å²) in [7, 11) is 0. The smallest absolute Gasteiger partial charge is 0.263 e. The molecule has 0 radical (unpaired) electrons. The van der Waals surface area contributed by atoms with Crippen LogP contribution in [0.2, 0.25) is 5.02 Å². The van der Waals surface area contributed by atoms with Crippen LogP contribution in [0.3, 0.4) is 0 Å². The number of carbonyl (C=O) groups is 1. The van der Waals surface area contributed by atoms with Crippen LogP contribution in [0.5, 0.6) is 5.75 Å². The second-order valence-electron chi connectivity index (χ2n) is 6.63. The van der Waals surface area contributed by atoms with E-state index in [1.54, 1.807) is 24.3 Å². The van der Waals surface area contributed by atoms with Gasteiger partial charge in [-0.2, -0.15) is 0 Å². The molecule has 2 aromatic heterocycles. The first-order chi connectivity index (χ1) is 14.1. The van der Waals surface area contributed by atoms with Gasteiger partial charge in [-0.15, -0.1) is 11.3 Å². The lowest BCUT2D eigenvalue weighted by Gasteiger charge is -2.04. The number of hydrogen-bond acceptors (Lipinski definition) is 4. The number of ether oxygens (including phenoxy) is 1. The summed E-state index contributed by atoms with van der Waals surface area (Å²) < 4.78 is 5.72. The molecule has 0 aliphatic rings. The highest BCUT2D eigenvalue weighted by Crippen LogP contribution is 2.22. The first-order valence-electron chi connectivity index (χ1n) is 9.28. The summed E-state index contributed by atoms with van der Waals surface area (Å²) >= 11 is 7.24. The molecule has 2 N–H and O–H groups in total. The number of amides is 1. The standard InChI is InChI=1S/C22H20ClN3O2S/c1-14-21(29-20(26-14)13-28-17-8-6-16(23)7-9-17)22(27)24-11-10-15-12-25-19-5-3-2-4-18(15)19/h2-9,12,25H,10-11,13H2,1H3,(H,24,27). The van der Waals surface area contributed by atoms with Crippen molar-refractivity contribution >= 4 is 39.7 Å². The molecule has 0 atom stereocenters. The zero-order valence-electron chi connectivity index (χ0n) is 15.9. The largest absolute Gasteiger partial charge is 0.486 e. The number of para-hydroxylation sites is 1. The highest BCUT2D eigenvalue weighted by molar-refractivity contribution is 7.13. The van der Waals surface area contributed by atoms with Crippen LogP contribution < -0.4 is 10.1 Å². The molecule has 148 valence electrons. The number of nitrogens with one attached hydrogen (secondary N) is 2. The molecule has 0 saturated carbocycles. The van der Waals surface area contributed by atoms with E-state index < -0.39 is 0 Å². The van der Waals surface area contributed by atoms with Gasteiger partial charge in [0.25, 0.3) is 5.91 Å². The summed E-state index contributed by atoms with van der Waals surface area (Å²) in [6.07, 6.45) is 2.76. The molecule has 1 amide bonds. The molecule has 0 saturated heterocycles. The molecule has 2 aromatic carbocycles. The molecule has 0 aliphatic heterocycles. The van der Waals surface area contributed by atoms with Gasteiger partial charge in [0, 0.05) is 28.7 Å². The summed E-state index contributed by atoms with van der Waals surface area (Å²) in [6, 6.07) is 15.3. The minimum absolute atomic E-state index is 0.0995. The lowest BCUT2D eigenvalue weighted by Crippen LogP contribution is -2.25. The molecule has 4 aromatic rings. The number of rotatable bonds is 7. The van der Waals surface area contributed by atoms with E-state index in [1.807, 2.05) is 31.3 Å². The molecule has 7 heteroatoms. The number of H-pyrrole nitrogens is 1. The summed E-state index contributed by atoms with van der Waals surface area (Å²) in [5, 5.41) is 5.61. The van der Waals surface area contributed by atoms with Crippen LogP contribution >= 0.6 is 22.9 Å². The Morgan fingerprint density at radius 3 is 2.83 bits per heavy atom. The molecule has 29 heavy (non-hydrogen) atoms. The van der Waals surface area contributed by atoms with Crippen molar-refractivity contribution in [3.63, 3.8) is 0 Å². The van der Waals surface area contributed by atoms with Crippen LogP contribution in [0.4, 0.5) is 0 Å². The van der Waals surface area contributed by atoms with Gasteiger partial charge in [-0.25, -0.2) is 4.98 Å². The van der Waals surface area contributed by atoms with Gasteiger partial charge in [0.05, 0.1) is 5.69 Å². The van der Waals surface area contributed by atoms with Gasteiger partial charge in [-0.3, -0.25) is 4.79 Å². The van der Waals surface area contributed by atoms with Gasteiger partial charge in [-0.1, -0.05) is 29.8 Å². The van der Waals surface area contributed by atoms with Crippen LogP contribution in [0.25, 0.3) is 10.9 Å². The number of aromatic nitrogens is 2. The third kappa shape index (κ3) is 4.60. The Balaban J connectivity index is 1.33. The van der Waals surface area contributed by atoms with E-state index in [4.69, 9.17) is 16.3 Å². The van der Waals surface area contributed by atoms with Crippen molar-refractivity contribution in [1.29, 1.82) is 0 Å². The first kappa shape index (κ1) is 19.5. The minimum atomic E-state index is -0.0995. The fourth-order valence-electron chi connectivity index (χ4n) is 3.13. The van der Waals surface area contributed by atoms with Crippen molar-refractivity contribution in [3.8, 4) is 5.75 Å². The zero-order chi connectivity index (χ0) is 20.2. The number of thiazole rings is 1. The highest BCUT2D eigenvalue weighted by Gasteiger charge is 2.15. The average Bonchev–Trinajstić information content (AvgIpc) is 3.31. The summed E-state index contributed by atoms with van der Waals surface area (Å²) in [4.78, 5) is 20.9. The van der Waals surface area contributed by atoms with Gasteiger partial charge in [0.2, 0.25) is 0 Å². The maximum Gasteiger partial charge on any atom is 0.263 e. The summed E-state index contributed by atoms with van der Waals surface area (Å²) in [5.74, 6) is 0.615. The second kappa shape index (κ2) is 8.68. The molecule has 5 nitrogen and oxygen atoms in total. The van der Waals surface area contributed by atoms with E-state index in [0.29, 0.717) is 34.5 Å². The van der Waals surface area contributed by atoms with Crippen molar-refractivity contribution < 1.29 is 9.53 Å². The summed E-state index contributed by atoms with van der Waals surface area (Å²) in [6.45, 7) is 2.72. The van der Waals surface area contributed by atoms with Crippen LogP contribution in [0, 0.1) is 6.92 Å². The van der Waals surface area contributed by atoms with Crippen molar-refractivity contribution in [2.45, 2.75) is 20.0 Å². The van der Waals surface area contributed by atoms with Crippen molar-refractivity contribution in [2.75, 3.05) is 6.54 Å².